The predicted molar refractivity (Wildman–Crippen MR) is 57.9 cm³/mol. The van der Waals surface area contributed by atoms with Crippen molar-refractivity contribution in [3.63, 3.8) is 0 Å². The quantitative estimate of drug-likeness (QED) is 0.769. The Morgan fingerprint density at radius 2 is 2.00 bits per heavy atom. The third kappa shape index (κ3) is 4.18. The van der Waals surface area contributed by atoms with Crippen molar-refractivity contribution >= 4 is 5.97 Å². The number of carboxylic acid groups (broad SMARTS) is 1. The van der Waals surface area contributed by atoms with E-state index in [0.717, 1.165) is 19.5 Å². The zero-order valence-corrected chi connectivity index (χ0v) is 9.77. The van der Waals surface area contributed by atoms with Crippen molar-refractivity contribution in [1.82, 2.24) is 4.90 Å². The predicted octanol–water partition coefficient (Wildman–Crippen LogP) is 1.35. The van der Waals surface area contributed by atoms with Crippen LogP contribution < -0.4 is 0 Å². The van der Waals surface area contributed by atoms with Crippen molar-refractivity contribution in [1.29, 1.82) is 0 Å². The smallest absolute Gasteiger partial charge is 0.303 e. The van der Waals surface area contributed by atoms with Gasteiger partial charge >= 0.3 is 5.97 Å². The summed E-state index contributed by atoms with van der Waals surface area (Å²) in [5, 5.41) is 8.62. The van der Waals surface area contributed by atoms with Crippen molar-refractivity contribution < 1.29 is 14.6 Å². The lowest BCUT2D eigenvalue weighted by atomic mass is 10.1. The molecule has 1 N–H and O–H groups in total. The number of carboxylic acids is 1. The van der Waals surface area contributed by atoms with E-state index in [9.17, 15) is 4.79 Å². The van der Waals surface area contributed by atoms with Crippen LogP contribution in [0.15, 0.2) is 0 Å². The first-order chi connectivity index (χ1) is 6.99. The first-order valence-electron chi connectivity index (χ1n) is 5.60. The third-order valence-electron chi connectivity index (χ3n) is 2.85. The number of rotatable bonds is 4. The second-order valence-electron chi connectivity index (χ2n) is 4.49. The molecule has 1 fully saturated rings. The van der Waals surface area contributed by atoms with Crippen molar-refractivity contribution in [3.05, 3.63) is 0 Å². The van der Waals surface area contributed by atoms with Crippen LogP contribution in [0.25, 0.3) is 0 Å². The van der Waals surface area contributed by atoms with Crippen LogP contribution in [0.1, 0.15) is 33.6 Å². The summed E-state index contributed by atoms with van der Waals surface area (Å²) in [5.74, 6) is -0.712. The number of ether oxygens (including phenoxy) is 1. The van der Waals surface area contributed by atoms with E-state index in [1.54, 1.807) is 0 Å². The molecule has 0 aromatic rings. The number of hydrogen-bond acceptors (Lipinski definition) is 3. The molecule has 0 radical (unpaired) electrons. The lowest BCUT2D eigenvalue weighted by Gasteiger charge is -2.38. The maximum atomic E-state index is 10.5. The van der Waals surface area contributed by atoms with Crippen LogP contribution in [0.4, 0.5) is 0 Å². The van der Waals surface area contributed by atoms with Crippen LogP contribution in [0.3, 0.4) is 0 Å². The summed E-state index contributed by atoms with van der Waals surface area (Å²) in [5.41, 5.74) is 0. The van der Waals surface area contributed by atoms with E-state index < -0.39 is 5.97 Å². The van der Waals surface area contributed by atoms with Gasteiger partial charge in [-0.3, -0.25) is 9.69 Å². The molecule has 1 aliphatic rings. The van der Waals surface area contributed by atoms with E-state index in [1.807, 2.05) is 0 Å². The Morgan fingerprint density at radius 1 is 1.47 bits per heavy atom. The summed E-state index contributed by atoms with van der Waals surface area (Å²) in [6.45, 7) is 8.03. The maximum absolute atomic E-state index is 10.5. The minimum Gasteiger partial charge on any atom is -0.481 e. The monoisotopic (exact) mass is 215 g/mol. The number of nitrogens with zero attached hydrogens (tertiary/aromatic N) is 1. The molecule has 1 heterocycles. The maximum Gasteiger partial charge on any atom is 0.303 e. The molecule has 0 bridgehead atoms. The third-order valence-corrected chi connectivity index (χ3v) is 2.85. The average molecular weight is 215 g/mol. The molecular formula is C11H21NO3. The van der Waals surface area contributed by atoms with Crippen LogP contribution in [0.2, 0.25) is 0 Å². The molecule has 88 valence electrons. The van der Waals surface area contributed by atoms with Gasteiger partial charge in [0, 0.05) is 25.6 Å². The Hall–Kier alpha value is -0.610. The van der Waals surface area contributed by atoms with Crippen LogP contribution in [-0.2, 0) is 9.53 Å². The van der Waals surface area contributed by atoms with Gasteiger partial charge in [-0.1, -0.05) is 0 Å². The number of morpholine rings is 1. The highest BCUT2D eigenvalue weighted by Crippen LogP contribution is 2.15. The molecule has 0 amide bonds. The van der Waals surface area contributed by atoms with E-state index >= 15 is 0 Å². The topological polar surface area (TPSA) is 49.8 Å². The van der Waals surface area contributed by atoms with Gasteiger partial charge in [-0.15, -0.1) is 0 Å². The molecule has 3 unspecified atom stereocenters. The molecule has 1 rings (SSSR count). The summed E-state index contributed by atoms with van der Waals surface area (Å²) in [7, 11) is 0. The molecule has 0 saturated carbocycles. The summed E-state index contributed by atoms with van der Waals surface area (Å²) in [6.07, 6.45) is 1.47. The first-order valence-corrected chi connectivity index (χ1v) is 5.60. The lowest BCUT2D eigenvalue weighted by molar-refractivity contribution is -0.137. The summed E-state index contributed by atoms with van der Waals surface area (Å²) >= 11 is 0. The van der Waals surface area contributed by atoms with E-state index in [-0.39, 0.29) is 18.6 Å². The molecule has 0 aliphatic carbocycles. The molecule has 0 spiro atoms. The fourth-order valence-corrected chi connectivity index (χ4v) is 2.09. The van der Waals surface area contributed by atoms with Crippen molar-refractivity contribution in [3.8, 4) is 0 Å². The molecule has 0 aromatic heterocycles. The number of aliphatic carboxylic acids is 1. The fraction of sp³-hybridized carbons (Fsp3) is 0.909. The normalized spacial score (nSPS) is 30.1. The van der Waals surface area contributed by atoms with Gasteiger partial charge in [-0.2, -0.15) is 0 Å². The fourth-order valence-electron chi connectivity index (χ4n) is 2.09. The number of carbonyl (C=O) groups is 1. The van der Waals surface area contributed by atoms with Gasteiger partial charge in [-0.05, 0) is 27.2 Å². The van der Waals surface area contributed by atoms with Crippen LogP contribution >= 0.6 is 0 Å². The van der Waals surface area contributed by atoms with E-state index in [2.05, 4.69) is 25.7 Å². The van der Waals surface area contributed by atoms with Crippen LogP contribution in [0.5, 0.6) is 0 Å². The van der Waals surface area contributed by atoms with Gasteiger partial charge in [0.05, 0.1) is 12.2 Å². The SMILES string of the molecule is CC1CN(C(C)CCC(=O)O)CC(C)O1. The first kappa shape index (κ1) is 12.5. The Bertz CT molecular complexity index is 210. The van der Waals surface area contributed by atoms with E-state index in [0.29, 0.717) is 6.04 Å². The molecule has 1 aliphatic heterocycles. The highest BCUT2D eigenvalue weighted by Gasteiger charge is 2.25. The van der Waals surface area contributed by atoms with Gasteiger partial charge < -0.3 is 9.84 Å². The molecule has 3 atom stereocenters. The minimum atomic E-state index is -0.712. The summed E-state index contributed by atoms with van der Waals surface area (Å²) < 4.78 is 5.63. The van der Waals surface area contributed by atoms with Crippen molar-refractivity contribution in [2.24, 2.45) is 0 Å². The molecule has 4 heteroatoms. The largest absolute Gasteiger partial charge is 0.481 e. The van der Waals surface area contributed by atoms with E-state index in [4.69, 9.17) is 9.84 Å². The van der Waals surface area contributed by atoms with Gasteiger partial charge in [0.1, 0.15) is 0 Å². The zero-order valence-electron chi connectivity index (χ0n) is 9.77. The van der Waals surface area contributed by atoms with Crippen LogP contribution in [-0.4, -0.2) is 47.3 Å². The Balaban J connectivity index is 2.37. The average Bonchev–Trinajstić information content (AvgIpc) is 2.12. The highest BCUT2D eigenvalue weighted by molar-refractivity contribution is 5.66. The summed E-state index contributed by atoms with van der Waals surface area (Å²) in [4.78, 5) is 12.8. The minimum absolute atomic E-state index is 0.251. The van der Waals surface area contributed by atoms with Gasteiger partial charge in [0.15, 0.2) is 0 Å². The Labute approximate surface area is 91.2 Å². The number of hydrogen-bond donors (Lipinski definition) is 1. The van der Waals surface area contributed by atoms with E-state index in [1.165, 1.54) is 0 Å². The molecule has 15 heavy (non-hydrogen) atoms. The summed E-state index contributed by atoms with van der Waals surface area (Å²) in [6, 6.07) is 0.329. The lowest BCUT2D eigenvalue weighted by Crippen LogP contribution is -2.49. The van der Waals surface area contributed by atoms with Gasteiger partial charge in [0.25, 0.3) is 0 Å². The van der Waals surface area contributed by atoms with Crippen molar-refractivity contribution in [2.75, 3.05) is 13.1 Å². The molecule has 1 saturated heterocycles. The Morgan fingerprint density at radius 3 is 2.47 bits per heavy atom. The second-order valence-corrected chi connectivity index (χ2v) is 4.49. The molecular weight excluding hydrogens is 194 g/mol. The highest BCUT2D eigenvalue weighted by atomic mass is 16.5. The molecule has 0 aromatic carbocycles. The Kier molecular flexibility index (Phi) is 4.54. The van der Waals surface area contributed by atoms with Crippen LogP contribution in [0, 0.1) is 0 Å². The molecule has 4 nitrogen and oxygen atoms in total. The van der Waals surface area contributed by atoms with Crippen molar-refractivity contribution in [2.45, 2.75) is 51.9 Å². The standard InChI is InChI=1S/C11H21NO3/c1-8(4-5-11(13)14)12-6-9(2)15-10(3)7-12/h8-10H,4-7H2,1-3H3,(H,13,14). The van der Waals surface area contributed by atoms with Gasteiger partial charge in [-0.25, -0.2) is 0 Å². The second kappa shape index (κ2) is 5.47. The van der Waals surface area contributed by atoms with Gasteiger partial charge in [0.2, 0.25) is 0 Å². The zero-order chi connectivity index (χ0) is 11.4.